The van der Waals surface area contributed by atoms with Gasteiger partial charge in [-0.25, -0.2) is 0 Å². The number of fused-ring (bicyclic) bond motifs is 3. The molecule has 0 saturated carbocycles. The average molecular weight is 353 g/mol. The van der Waals surface area contributed by atoms with E-state index in [9.17, 15) is 4.79 Å². The van der Waals surface area contributed by atoms with Crippen molar-refractivity contribution < 1.29 is 4.79 Å². The normalized spacial score (nSPS) is 20.7. The van der Waals surface area contributed by atoms with Crippen molar-refractivity contribution in [2.24, 2.45) is 0 Å². The second-order valence-corrected chi connectivity index (χ2v) is 7.65. The Bertz CT molecular complexity index is 924. The smallest absolute Gasteiger partial charge is 0.224 e. The molecule has 2 aliphatic rings. The lowest BCUT2D eigenvalue weighted by atomic mass is 9.66. The second-order valence-electron chi connectivity index (χ2n) is 7.65. The van der Waals surface area contributed by atoms with Gasteiger partial charge in [-0.15, -0.1) is 0 Å². The van der Waals surface area contributed by atoms with Gasteiger partial charge in [0.25, 0.3) is 0 Å². The van der Waals surface area contributed by atoms with E-state index >= 15 is 0 Å². The van der Waals surface area contributed by atoms with Gasteiger partial charge in [0.1, 0.15) is 0 Å². The van der Waals surface area contributed by atoms with E-state index in [0.717, 1.165) is 19.4 Å². The van der Waals surface area contributed by atoms with Crippen LogP contribution in [0, 0.1) is 0 Å². The molecule has 0 aromatic heterocycles. The van der Waals surface area contributed by atoms with E-state index in [-0.39, 0.29) is 11.9 Å². The fourth-order valence-corrected chi connectivity index (χ4v) is 5.12. The van der Waals surface area contributed by atoms with Crippen LogP contribution in [-0.2, 0) is 10.2 Å². The minimum absolute atomic E-state index is 0.211. The minimum atomic E-state index is -0.444. The van der Waals surface area contributed by atoms with Crippen LogP contribution in [0.25, 0.3) is 0 Å². The quantitative estimate of drug-likeness (QED) is 0.628. The molecule has 1 fully saturated rings. The van der Waals surface area contributed by atoms with Gasteiger partial charge in [0.05, 0.1) is 11.5 Å². The van der Waals surface area contributed by atoms with Crippen molar-refractivity contribution in [1.29, 1.82) is 0 Å². The van der Waals surface area contributed by atoms with E-state index in [0.29, 0.717) is 6.42 Å². The second kappa shape index (κ2) is 6.38. The van der Waals surface area contributed by atoms with Gasteiger partial charge in [0.2, 0.25) is 5.91 Å². The Morgan fingerprint density at radius 2 is 1.37 bits per heavy atom. The summed E-state index contributed by atoms with van der Waals surface area (Å²) < 4.78 is 0. The lowest BCUT2D eigenvalue weighted by Gasteiger charge is -2.35. The molecule has 5 rings (SSSR count). The van der Waals surface area contributed by atoms with Crippen molar-refractivity contribution in [3.8, 4) is 0 Å². The molecular weight excluding hydrogens is 330 g/mol. The largest absolute Gasteiger partial charge is 0.336 e. The summed E-state index contributed by atoms with van der Waals surface area (Å²) in [5, 5.41) is 0. The molecule has 3 aromatic rings. The molecule has 0 spiro atoms. The molecule has 3 aromatic carbocycles. The number of nitrogens with zero attached hydrogens (tertiary/aromatic N) is 1. The molecule has 2 heteroatoms. The topological polar surface area (TPSA) is 20.3 Å². The molecule has 1 atom stereocenters. The van der Waals surface area contributed by atoms with Crippen LogP contribution in [0.5, 0.6) is 0 Å². The van der Waals surface area contributed by atoms with E-state index in [1.165, 1.54) is 22.3 Å². The van der Waals surface area contributed by atoms with Gasteiger partial charge in [-0.3, -0.25) is 4.79 Å². The summed E-state index contributed by atoms with van der Waals surface area (Å²) in [7, 11) is 0. The zero-order valence-electron chi connectivity index (χ0n) is 15.3. The SMILES string of the molecule is O=C1CC(c2ccccc2)(c2ccccc2)c2ccccc2C2CCCN12. The third-order valence-electron chi connectivity index (χ3n) is 6.30. The van der Waals surface area contributed by atoms with E-state index in [4.69, 9.17) is 0 Å². The van der Waals surface area contributed by atoms with Gasteiger partial charge in [-0.05, 0) is 35.1 Å². The average Bonchev–Trinajstić information content (AvgIpc) is 3.20. The number of hydrogen-bond donors (Lipinski definition) is 0. The Hall–Kier alpha value is -2.87. The van der Waals surface area contributed by atoms with Gasteiger partial charge in [0, 0.05) is 13.0 Å². The predicted octanol–water partition coefficient (Wildman–Crippen LogP) is 5.09. The number of amides is 1. The third-order valence-corrected chi connectivity index (χ3v) is 6.30. The Morgan fingerprint density at radius 3 is 2.04 bits per heavy atom. The molecule has 0 N–H and O–H groups in total. The van der Waals surface area contributed by atoms with Crippen LogP contribution in [0.3, 0.4) is 0 Å². The maximum Gasteiger partial charge on any atom is 0.224 e. The maximum absolute atomic E-state index is 13.5. The number of carbonyl (C=O) groups excluding carboxylic acids is 1. The molecule has 2 nitrogen and oxygen atoms in total. The van der Waals surface area contributed by atoms with Gasteiger partial charge in [-0.1, -0.05) is 84.9 Å². The Labute approximate surface area is 160 Å². The Balaban J connectivity index is 1.86. The first-order valence-corrected chi connectivity index (χ1v) is 9.80. The highest BCUT2D eigenvalue weighted by Crippen LogP contribution is 2.50. The number of rotatable bonds is 2. The van der Waals surface area contributed by atoms with Crippen molar-refractivity contribution in [1.82, 2.24) is 4.90 Å². The fraction of sp³-hybridized carbons (Fsp3) is 0.240. The summed E-state index contributed by atoms with van der Waals surface area (Å²) >= 11 is 0. The van der Waals surface area contributed by atoms with Gasteiger partial charge in [-0.2, -0.15) is 0 Å². The Morgan fingerprint density at radius 1 is 0.778 bits per heavy atom. The van der Waals surface area contributed by atoms with Crippen molar-refractivity contribution in [3.05, 3.63) is 107 Å². The summed E-state index contributed by atoms with van der Waals surface area (Å²) in [4.78, 5) is 15.6. The molecule has 0 bridgehead atoms. The van der Waals surface area contributed by atoms with Crippen LogP contribution in [0.4, 0.5) is 0 Å². The summed E-state index contributed by atoms with van der Waals surface area (Å²) in [6, 6.07) is 30.0. The summed E-state index contributed by atoms with van der Waals surface area (Å²) in [6.07, 6.45) is 2.63. The van der Waals surface area contributed by atoms with Gasteiger partial charge >= 0.3 is 0 Å². The zero-order chi connectivity index (χ0) is 18.3. The van der Waals surface area contributed by atoms with Crippen LogP contribution < -0.4 is 0 Å². The van der Waals surface area contributed by atoms with E-state index < -0.39 is 5.41 Å². The van der Waals surface area contributed by atoms with Crippen LogP contribution in [-0.4, -0.2) is 17.4 Å². The van der Waals surface area contributed by atoms with E-state index in [1.807, 2.05) is 12.1 Å². The van der Waals surface area contributed by atoms with Crippen molar-refractivity contribution in [2.45, 2.75) is 30.7 Å². The van der Waals surface area contributed by atoms with Crippen molar-refractivity contribution in [2.75, 3.05) is 6.54 Å². The molecule has 1 unspecified atom stereocenters. The lowest BCUT2D eigenvalue weighted by Crippen LogP contribution is -2.35. The molecule has 2 aliphatic heterocycles. The minimum Gasteiger partial charge on any atom is -0.336 e. The van der Waals surface area contributed by atoms with E-state index in [1.54, 1.807) is 0 Å². The summed E-state index contributed by atoms with van der Waals surface area (Å²) in [6.45, 7) is 0.873. The first kappa shape index (κ1) is 16.3. The van der Waals surface area contributed by atoms with Crippen LogP contribution in [0.15, 0.2) is 84.9 Å². The van der Waals surface area contributed by atoms with Gasteiger partial charge in [0.15, 0.2) is 0 Å². The highest BCUT2D eigenvalue weighted by atomic mass is 16.2. The number of hydrogen-bond acceptors (Lipinski definition) is 1. The molecule has 2 heterocycles. The third kappa shape index (κ3) is 2.43. The van der Waals surface area contributed by atoms with Crippen LogP contribution in [0.1, 0.15) is 47.6 Å². The fourth-order valence-electron chi connectivity index (χ4n) is 5.12. The first-order valence-electron chi connectivity index (χ1n) is 9.80. The molecule has 134 valence electrons. The molecule has 1 saturated heterocycles. The number of carbonyl (C=O) groups is 1. The standard InChI is InChI=1S/C25H23NO/c27-24-18-25(19-10-3-1-4-11-19,20-12-5-2-6-13-20)22-15-8-7-14-21(22)23-16-9-17-26(23)24/h1-8,10-15,23H,9,16-18H2. The maximum atomic E-state index is 13.5. The molecule has 0 radical (unpaired) electrons. The summed E-state index contributed by atoms with van der Waals surface area (Å²) in [5.74, 6) is 0.265. The zero-order valence-corrected chi connectivity index (χ0v) is 15.3. The van der Waals surface area contributed by atoms with Crippen LogP contribution >= 0.6 is 0 Å². The predicted molar refractivity (Wildman–Crippen MR) is 108 cm³/mol. The van der Waals surface area contributed by atoms with Crippen molar-refractivity contribution >= 4 is 5.91 Å². The highest BCUT2D eigenvalue weighted by molar-refractivity contribution is 5.82. The van der Waals surface area contributed by atoms with Crippen molar-refractivity contribution in [3.63, 3.8) is 0 Å². The lowest BCUT2D eigenvalue weighted by molar-refractivity contribution is -0.132. The molecular formula is C25H23NO. The van der Waals surface area contributed by atoms with E-state index in [2.05, 4.69) is 77.7 Å². The molecule has 27 heavy (non-hydrogen) atoms. The van der Waals surface area contributed by atoms with Crippen LogP contribution in [0.2, 0.25) is 0 Å². The number of benzene rings is 3. The highest BCUT2D eigenvalue weighted by Gasteiger charge is 2.46. The Kier molecular flexibility index (Phi) is 3.86. The monoisotopic (exact) mass is 353 g/mol. The summed E-state index contributed by atoms with van der Waals surface area (Å²) in [5.41, 5.74) is 4.54. The van der Waals surface area contributed by atoms with Gasteiger partial charge < -0.3 is 4.90 Å². The first-order chi connectivity index (χ1) is 13.3. The molecule has 0 aliphatic carbocycles. The molecule has 1 amide bonds.